The number of benzene rings is 1. The summed E-state index contributed by atoms with van der Waals surface area (Å²) in [4.78, 5) is 0. The van der Waals surface area contributed by atoms with Crippen LogP contribution >= 0.6 is 0 Å². The minimum Gasteiger partial charge on any atom is -0.310 e. The molecule has 1 aromatic carbocycles. The minimum absolute atomic E-state index is 0.414. The van der Waals surface area contributed by atoms with Crippen molar-refractivity contribution in [1.29, 1.82) is 0 Å². The molecule has 0 radical (unpaired) electrons. The second-order valence-corrected chi connectivity index (χ2v) is 5.89. The first kappa shape index (κ1) is 14.4. The van der Waals surface area contributed by atoms with E-state index in [4.69, 9.17) is 0 Å². The van der Waals surface area contributed by atoms with Gasteiger partial charge in [-0.3, -0.25) is 0 Å². The molecular weight excluding hydrogens is 244 g/mol. The second kappa shape index (κ2) is 6.47. The third-order valence-electron chi connectivity index (χ3n) is 4.26. The number of rotatable bonds is 4. The summed E-state index contributed by atoms with van der Waals surface area (Å²) in [5, 5.41) is 3.43. The molecule has 1 aliphatic rings. The van der Waals surface area contributed by atoms with Gasteiger partial charge in [0.25, 0.3) is 0 Å². The summed E-state index contributed by atoms with van der Waals surface area (Å²) in [5.41, 5.74) is 0.424. The molecule has 0 aromatic heterocycles. The maximum absolute atomic E-state index is 13.6. The lowest BCUT2D eigenvalue weighted by Crippen LogP contribution is -2.40. The number of halogens is 2. The molecule has 1 nitrogen and oxygen atoms in total. The van der Waals surface area contributed by atoms with Gasteiger partial charge in [-0.25, -0.2) is 8.78 Å². The molecule has 3 heteroatoms. The Balaban J connectivity index is 1.98. The van der Waals surface area contributed by atoms with E-state index in [-0.39, 0.29) is 0 Å². The van der Waals surface area contributed by atoms with Crippen molar-refractivity contribution in [3.63, 3.8) is 0 Å². The molecule has 1 aromatic rings. The van der Waals surface area contributed by atoms with Crippen molar-refractivity contribution >= 4 is 0 Å². The Hall–Kier alpha value is -0.960. The molecule has 2 unspecified atom stereocenters. The monoisotopic (exact) mass is 267 g/mol. The smallest absolute Gasteiger partial charge is 0.163 e. The van der Waals surface area contributed by atoms with Gasteiger partial charge in [0.1, 0.15) is 0 Å². The van der Waals surface area contributed by atoms with Gasteiger partial charge < -0.3 is 5.32 Å². The standard InChI is InChI=1S/C16H23F2N/c1-11(2)13-7-3-4-9-15(13)19-10-12-6-5-8-14(17)16(12)18/h5-6,8,11,13,15,19H,3-4,7,9-10H2,1-2H3. The fourth-order valence-electron chi connectivity index (χ4n) is 3.14. The summed E-state index contributed by atoms with van der Waals surface area (Å²) in [6.45, 7) is 4.90. The molecule has 0 saturated heterocycles. The average Bonchev–Trinajstić information content (AvgIpc) is 2.40. The predicted molar refractivity (Wildman–Crippen MR) is 73.8 cm³/mol. The SMILES string of the molecule is CC(C)C1CCCCC1NCc1cccc(F)c1F. The molecule has 0 aliphatic heterocycles. The van der Waals surface area contributed by atoms with Crippen molar-refractivity contribution in [2.24, 2.45) is 11.8 Å². The second-order valence-electron chi connectivity index (χ2n) is 5.89. The van der Waals surface area contributed by atoms with E-state index in [1.54, 1.807) is 12.1 Å². The third-order valence-corrected chi connectivity index (χ3v) is 4.26. The van der Waals surface area contributed by atoms with E-state index in [0.717, 1.165) is 12.5 Å². The van der Waals surface area contributed by atoms with Crippen LogP contribution in [0.2, 0.25) is 0 Å². The first-order chi connectivity index (χ1) is 9.09. The van der Waals surface area contributed by atoms with Gasteiger partial charge in [-0.05, 0) is 30.7 Å². The molecule has 106 valence electrons. The van der Waals surface area contributed by atoms with E-state index >= 15 is 0 Å². The van der Waals surface area contributed by atoms with Crippen LogP contribution in [0.1, 0.15) is 45.1 Å². The fraction of sp³-hybridized carbons (Fsp3) is 0.625. The Bertz CT molecular complexity index is 417. The van der Waals surface area contributed by atoms with E-state index in [0.29, 0.717) is 30.0 Å². The molecule has 1 saturated carbocycles. The zero-order valence-corrected chi connectivity index (χ0v) is 11.8. The normalized spacial score (nSPS) is 23.8. The van der Waals surface area contributed by atoms with Crippen LogP contribution in [0.5, 0.6) is 0 Å². The van der Waals surface area contributed by atoms with E-state index < -0.39 is 11.6 Å². The van der Waals surface area contributed by atoms with Crippen LogP contribution in [0.15, 0.2) is 18.2 Å². The first-order valence-corrected chi connectivity index (χ1v) is 7.26. The zero-order chi connectivity index (χ0) is 13.8. The molecule has 0 amide bonds. The summed E-state index contributed by atoms with van der Waals surface area (Å²) < 4.78 is 26.7. The maximum Gasteiger partial charge on any atom is 0.163 e. The number of hydrogen-bond donors (Lipinski definition) is 1. The van der Waals surface area contributed by atoms with E-state index in [2.05, 4.69) is 19.2 Å². The highest BCUT2D eigenvalue weighted by Gasteiger charge is 2.27. The van der Waals surface area contributed by atoms with Crippen LogP contribution in [0.3, 0.4) is 0 Å². The van der Waals surface area contributed by atoms with Gasteiger partial charge in [0, 0.05) is 18.2 Å². The molecule has 1 N–H and O–H groups in total. The van der Waals surface area contributed by atoms with E-state index in [1.807, 2.05) is 0 Å². The molecular formula is C16H23F2N. The molecule has 2 atom stereocenters. The zero-order valence-electron chi connectivity index (χ0n) is 11.8. The highest BCUT2D eigenvalue weighted by Crippen LogP contribution is 2.30. The molecule has 0 bridgehead atoms. The van der Waals surface area contributed by atoms with Crippen molar-refractivity contribution in [2.75, 3.05) is 0 Å². The molecule has 1 fully saturated rings. The van der Waals surface area contributed by atoms with Gasteiger partial charge in [0.2, 0.25) is 0 Å². The van der Waals surface area contributed by atoms with Crippen LogP contribution < -0.4 is 5.32 Å². The lowest BCUT2D eigenvalue weighted by atomic mass is 9.78. The van der Waals surface area contributed by atoms with Gasteiger partial charge >= 0.3 is 0 Å². The van der Waals surface area contributed by atoms with Crippen LogP contribution in [0.4, 0.5) is 8.78 Å². The quantitative estimate of drug-likeness (QED) is 0.859. The summed E-state index contributed by atoms with van der Waals surface area (Å²) >= 11 is 0. The largest absolute Gasteiger partial charge is 0.310 e. The molecule has 2 rings (SSSR count). The third kappa shape index (κ3) is 3.53. The highest BCUT2D eigenvalue weighted by atomic mass is 19.2. The Morgan fingerprint density at radius 1 is 1.21 bits per heavy atom. The van der Waals surface area contributed by atoms with Crippen molar-refractivity contribution in [3.05, 3.63) is 35.4 Å². The van der Waals surface area contributed by atoms with Crippen molar-refractivity contribution < 1.29 is 8.78 Å². The van der Waals surface area contributed by atoms with E-state index in [9.17, 15) is 8.78 Å². The Labute approximate surface area is 114 Å². The van der Waals surface area contributed by atoms with Gasteiger partial charge in [-0.2, -0.15) is 0 Å². The highest BCUT2D eigenvalue weighted by molar-refractivity contribution is 5.18. The van der Waals surface area contributed by atoms with Crippen LogP contribution in [0, 0.1) is 23.5 Å². The topological polar surface area (TPSA) is 12.0 Å². The summed E-state index contributed by atoms with van der Waals surface area (Å²) in [6.07, 6.45) is 4.89. The van der Waals surface area contributed by atoms with Crippen LogP contribution in [-0.4, -0.2) is 6.04 Å². The Morgan fingerprint density at radius 2 is 1.95 bits per heavy atom. The van der Waals surface area contributed by atoms with Crippen molar-refractivity contribution in [1.82, 2.24) is 5.32 Å². The Morgan fingerprint density at radius 3 is 2.68 bits per heavy atom. The summed E-state index contributed by atoms with van der Waals surface area (Å²) in [5.74, 6) is -0.198. The van der Waals surface area contributed by atoms with Gasteiger partial charge in [0.05, 0.1) is 0 Å². The minimum atomic E-state index is -0.761. The van der Waals surface area contributed by atoms with Gasteiger partial charge in [-0.15, -0.1) is 0 Å². The lowest BCUT2D eigenvalue weighted by molar-refractivity contribution is 0.204. The molecule has 0 heterocycles. The summed E-state index contributed by atoms with van der Waals surface area (Å²) in [7, 11) is 0. The van der Waals surface area contributed by atoms with E-state index in [1.165, 1.54) is 19.3 Å². The number of hydrogen-bond acceptors (Lipinski definition) is 1. The first-order valence-electron chi connectivity index (χ1n) is 7.26. The molecule has 0 spiro atoms. The molecule has 1 aliphatic carbocycles. The Kier molecular flexibility index (Phi) is 4.92. The van der Waals surface area contributed by atoms with Crippen molar-refractivity contribution in [3.8, 4) is 0 Å². The van der Waals surface area contributed by atoms with Gasteiger partial charge in [-0.1, -0.05) is 38.8 Å². The average molecular weight is 267 g/mol. The maximum atomic E-state index is 13.6. The van der Waals surface area contributed by atoms with Crippen molar-refractivity contribution in [2.45, 2.75) is 52.1 Å². The van der Waals surface area contributed by atoms with Gasteiger partial charge in [0.15, 0.2) is 11.6 Å². The summed E-state index contributed by atoms with van der Waals surface area (Å²) in [6, 6.07) is 4.81. The van der Waals surface area contributed by atoms with Crippen LogP contribution in [0.25, 0.3) is 0 Å². The number of nitrogens with one attached hydrogen (secondary N) is 1. The lowest BCUT2D eigenvalue weighted by Gasteiger charge is -2.35. The molecule has 19 heavy (non-hydrogen) atoms. The fourth-order valence-corrected chi connectivity index (χ4v) is 3.14. The predicted octanol–water partition coefficient (Wildman–Crippen LogP) is 4.27. The van der Waals surface area contributed by atoms with Crippen LogP contribution in [-0.2, 0) is 6.54 Å².